The van der Waals surface area contributed by atoms with Crippen LogP contribution in [0.4, 0.5) is 5.69 Å². The molecule has 4 rings (SSSR count). The summed E-state index contributed by atoms with van der Waals surface area (Å²) in [4.78, 5) is 17.1. The largest absolute Gasteiger partial charge is 0.480 e. The predicted molar refractivity (Wildman–Crippen MR) is 97.9 cm³/mol. The second-order valence-electron chi connectivity index (χ2n) is 5.98. The normalized spacial score (nSPS) is 11.1. The summed E-state index contributed by atoms with van der Waals surface area (Å²) >= 11 is 0. The van der Waals surface area contributed by atoms with Gasteiger partial charge in [0.05, 0.1) is 0 Å². The molecule has 0 spiro atoms. The summed E-state index contributed by atoms with van der Waals surface area (Å²) in [5.41, 5.74) is 3.38. The lowest BCUT2D eigenvalue weighted by Gasteiger charge is -2.17. The van der Waals surface area contributed by atoms with Crippen molar-refractivity contribution in [1.82, 2.24) is 4.98 Å². The van der Waals surface area contributed by atoms with Gasteiger partial charge in [-0.2, -0.15) is 0 Å². The molecular weight excluding hydrogens is 316 g/mol. The van der Waals surface area contributed by atoms with E-state index in [9.17, 15) is 4.79 Å². The van der Waals surface area contributed by atoms with E-state index in [4.69, 9.17) is 9.52 Å². The smallest absolute Gasteiger partial charge is 0.323 e. The Bertz CT molecular complexity index is 1050. The zero-order valence-electron chi connectivity index (χ0n) is 13.6. The van der Waals surface area contributed by atoms with Crippen LogP contribution in [-0.4, -0.2) is 29.7 Å². The average Bonchev–Trinajstić information content (AvgIpc) is 3.04. The molecule has 0 atom stereocenters. The van der Waals surface area contributed by atoms with Gasteiger partial charge in [0.2, 0.25) is 5.89 Å². The first-order valence-electron chi connectivity index (χ1n) is 7.93. The lowest BCUT2D eigenvalue weighted by Crippen LogP contribution is -2.24. The molecule has 25 heavy (non-hydrogen) atoms. The van der Waals surface area contributed by atoms with Crippen LogP contribution in [0.2, 0.25) is 0 Å². The van der Waals surface area contributed by atoms with Crippen molar-refractivity contribution in [3.05, 3.63) is 60.7 Å². The Morgan fingerprint density at radius 2 is 1.84 bits per heavy atom. The van der Waals surface area contributed by atoms with E-state index in [0.29, 0.717) is 5.89 Å². The highest BCUT2D eigenvalue weighted by Crippen LogP contribution is 2.29. The van der Waals surface area contributed by atoms with Crippen LogP contribution in [-0.2, 0) is 4.79 Å². The summed E-state index contributed by atoms with van der Waals surface area (Å²) in [5, 5.41) is 11.0. The molecule has 1 N–H and O–H groups in total. The second kappa shape index (κ2) is 5.94. The Hall–Kier alpha value is -3.34. The number of hydrogen-bond donors (Lipinski definition) is 1. The topological polar surface area (TPSA) is 66.6 Å². The number of para-hydroxylation sites is 2. The van der Waals surface area contributed by atoms with Gasteiger partial charge in [0.15, 0.2) is 5.58 Å². The Labute approximate surface area is 144 Å². The van der Waals surface area contributed by atoms with Crippen LogP contribution in [0.15, 0.2) is 65.1 Å². The number of carboxylic acids is 1. The molecule has 0 fully saturated rings. The second-order valence-corrected chi connectivity index (χ2v) is 5.98. The Morgan fingerprint density at radius 3 is 2.64 bits per heavy atom. The number of aromatic nitrogens is 1. The van der Waals surface area contributed by atoms with E-state index in [2.05, 4.69) is 4.98 Å². The van der Waals surface area contributed by atoms with Gasteiger partial charge >= 0.3 is 5.97 Å². The van der Waals surface area contributed by atoms with E-state index < -0.39 is 5.97 Å². The van der Waals surface area contributed by atoms with Crippen LogP contribution < -0.4 is 4.90 Å². The molecule has 0 aliphatic carbocycles. The van der Waals surface area contributed by atoms with Gasteiger partial charge in [-0.1, -0.05) is 24.3 Å². The van der Waals surface area contributed by atoms with Crippen molar-refractivity contribution in [2.24, 2.45) is 0 Å². The molecule has 124 valence electrons. The third kappa shape index (κ3) is 2.92. The molecule has 0 aliphatic heterocycles. The summed E-state index contributed by atoms with van der Waals surface area (Å²) in [6.45, 7) is -0.0352. The third-order valence-corrected chi connectivity index (χ3v) is 4.18. The maximum Gasteiger partial charge on any atom is 0.323 e. The molecule has 3 aromatic carbocycles. The van der Waals surface area contributed by atoms with E-state index in [1.165, 1.54) is 0 Å². The van der Waals surface area contributed by atoms with Gasteiger partial charge < -0.3 is 14.4 Å². The Balaban J connectivity index is 1.72. The fourth-order valence-corrected chi connectivity index (χ4v) is 2.89. The number of aliphatic carboxylic acids is 1. The monoisotopic (exact) mass is 332 g/mol. The molecule has 0 saturated carbocycles. The minimum absolute atomic E-state index is 0.0352. The summed E-state index contributed by atoms with van der Waals surface area (Å²) < 4.78 is 5.82. The van der Waals surface area contributed by atoms with Gasteiger partial charge in [-0.15, -0.1) is 0 Å². The van der Waals surface area contributed by atoms with E-state index in [-0.39, 0.29) is 6.54 Å². The first-order valence-corrected chi connectivity index (χ1v) is 7.93. The minimum atomic E-state index is -0.853. The highest BCUT2D eigenvalue weighted by molar-refractivity contribution is 5.90. The highest BCUT2D eigenvalue weighted by Gasteiger charge is 2.10. The molecule has 0 bridgehead atoms. The van der Waals surface area contributed by atoms with Gasteiger partial charge in [0, 0.05) is 18.3 Å². The predicted octanol–water partition coefficient (Wildman–Crippen LogP) is 4.17. The Kier molecular flexibility index (Phi) is 3.61. The molecule has 1 aromatic heterocycles. The van der Waals surface area contributed by atoms with Gasteiger partial charge in [0.1, 0.15) is 12.1 Å². The van der Waals surface area contributed by atoms with Crippen molar-refractivity contribution in [2.45, 2.75) is 0 Å². The number of carbonyl (C=O) groups is 1. The molecule has 0 amide bonds. The lowest BCUT2D eigenvalue weighted by molar-refractivity contribution is -0.135. The number of likely N-dealkylation sites (N-methyl/N-ethyl adjacent to an activating group) is 1. The molecule has 0 unspecified atom stereocenters. The molecule has 0 saturated heterocycles. The zero-order valence-corrected chi connectivity index (χ0v) is 13.6. The number of hydrogen-bond acceptors (Lipinski definition) is 4. The number of benzene rings is 3. The number of oxazole rings is 1. The van der Waals surface area contributed by atoms with E-state index in [1.54, 1.807) is 11.9 Å². The summed E-state index contributed by atoms with van der Waals surface area (Å²) in [6.07, 6.45) is 0. The van der Waals surface area contributed by atoms with Gasteiger partial charge in [-0.3, -0.25) is 4.79 Å². The fraction of sp³-hybridized carbons (Fsp3) is 0.100. The summed E-state index contributed by atoms with van der Waals surface area (Å²) in [6, 6.07) is 19.6. The van der Waals surface area contributed by atoms with Crippen molar-refractivity contribution in [1.29, 1.82) is 0 Å². The first-order chi connectivity index (χ1) is 12.1. The SMILES string of the molecule is CN(CC(=O)O)c1ccc2cc(-c3nc4ccccc4o3)ccc2c1. The highest BCUT2D eigenvalue weighted by atomic mass is 16.4. The molecule has 4 aromatic rings. The van der Waals surface area contributed by atoms with Gasteiger partial charge in [-0.05, 0) is 47.2 Å². The van der Waals surface area contributed by atoms with Crippen LogP contribution in [0.3, 0.4) is 0 Å². The number of carboxylic acid groups (broad SMARTS) is 1. The van der Waals surface area contributed by atoms with E-state index in [1.807, 2.05) is 60.7 Å². The lowest BCUT2D eigenvalue weighted by atomic mass is 10.1. The molecule has 1 heterocycles. The number of nitrogens with zero attached hydrogens (tertiary/aromatic N) is 2. The molecular formula is C20H16N2O3. The Morgan fingerprint density at radius 1 is 1.08 bits per heavy atom. The minimum Gasteiger partial charge on any atom is -0.480 e. The fourth-order valence-electron chi connectivity index (χ4n) is 2.89. The maximum absolute atomic E-state index is 10.9. The molecule has 5 nitrogen and oxygen atoms in total. The van der Waals surface area contributed by atoms with Crippen molar-refractivity contribution < 1.29 is 14.3 Å². The first kappa shape index (κ1) is 15.2. The third-order valence-electron chi connectivity index (χ3n) is 4.18. The average molecular weight is 332 g/mol. The van der Waals surface area contributed by atoms with Crippen molar-refractivity contribution in [3.8, 4) is 11.5 Å². The quantitative estimate of drug-likeness (QED) is 0.607. The van der Waals surface area contributed by atoms with Crippen molar-refractivity contribution in [3.63, 3.8) is 0 Å². The van der Waals surface area contributed by atoms with Crippen LogP contribution in [0, 0.1) is 0 Å². The molecule has 5 heteroatoms. The van der Waals surface area contributed by atoms with Crippen molar-refractivity contribution >= 4 is 33.5 Å². The molecule has 0 aliphatic rings. The molecule has 0 radical (unpaired) electrons. The van der Waals surface area contributed by atoms with Gasteiger partial charge in [0.25, 0.3) is 0 Å². The number of rotatable bonds is 4. The zero-order chi connectivity index (χ0) is 17.4. The van der Waals surface area contributed by atoms with E-state index >= 15 is 0 Å². The maximum atomic E-state index is 10.9. The van der Waals surface area contributed by atoms with Gasteiger partial charge in [-0.25, -0.2) is 4.98 Å². The van der Waals surface area contributed by atoms with Crippen LogP contribution in [0.1, 0.15) is 0 Å². The van der Waals surface area contributed by atoms with Crippen LogP contribution in [0.5, 0.6) is 0 Å². The van der Waals surface area contributed by atoms with Crippen LogP contribution >= 0.6 is 0 Å². The van der Waals surface area contributed by atoms with Crippen molar-refractivity contribution in [2.75, 3.05) is 18.5 Å². The number of anilines is 1. The van der Waals surface area contributed by atoms with E-state index in [0.717, 1.165) is 33.1 Å². The van der Waals surface area contributed by atoms with Crippen LogP contribution in [0.25, 0.3) is 33.3 Å². The summed E-state index contributed by atoms with van der Waals surface area (Å²) in [7, 11) is 1.77. The summed E-state index contributed by atoms with van der Waals surface area (Å²) in [5.74, 6) is -0.260. The number of fused-ring (bicyclic) bond motifs is 2. The standard InChI is InChI=1S/C20H16N2O3/c1-22(12-19(23)24)16-9-8-13-10-15(7-6-14(13)11-16)20-21-17-4-2-3-5-18(17)25-20/h2-11H,12H2,1H3,(H,23,24).